The molecule has 2 nitrogen and oxygen atoms in total. The molecule has 0 N–H and O–H groups in total. The lowest BCUT2D eigenvalue weighted by Crippen LogP contribution is -2.38. The lowest BCUT2D eigenvalue weighted by Gasteiger charge is -2.26. The zero-order chi connectivity index (χ0) is 9.84. The van der Waals surface area contributed by atoms with Gasteiger partial charge in [0.25, 0.3) is 0 Å². The van der Waals surface area contributed by atoms with Crippen LogP contribution in [0.25, 0.3) is 0 Å². The molecule has 0 aliphatic carbocycles. The van der Waals surface area contributed by atoms with Gasteiger partial charge < -0.3 is 4.90 Å². The van der Waals surface area contributed by atoms with E-state index in [9.17, 15) is 4.79 Å². The normalized spacial score (nSPS) is 28.1. The molecule has 0 aromatic carbocycles. The average Bonchev–Trinajstić information content (AvgIpc) is 2.42. The van der Waals surface area contributed by atoms with Crippen molar-refractivity contribution in [3.05, 3.63) is 0 Å². The molecule has 0 saturated carbocycles. The van der Waals surface area contributed by atoms with E-state index in [2.05, 4.69) is 25.7 Å². The van der Waals surface area contributed by atoms with Gasteiger partial charge in [0, 0.05) is 18.5 Å². The summed E-state index contributed by atoms with van der Waals surface area (Å²) in [6.45, 7) is 6.45. The van der Waals surface area contributed by atoms with Crippen LogP contribution in [0.3, 0.4) is 0 Å². The molecule has 1 saturated heterocycles. The maximum Gasteiger partial charge on any atom is 0.223 e. The van der Waals surface area contributed by atoms with Gasteiger partial charge in [-0.3, -0.25) is 4.79 Å². The zero-order valence-corrected chi connectivity index (χ0v) is 9.05. The number of rotatable bonds is 3. The van der Waals surface area contributed by atoms with Gasteiger partial charge >= 0.3 is 0 Å². The van der Waals surface area contributed by atoms with E-state index in [4.69, 9.17) is 0 Å². The number of likely N-dealkylation sites (tertiary alicyclic amines) is 1. The number of hydrogen-bond donors (Lipinski definition) is 0. The second kappa shape index (κ2) is 4.64. The third-order valence-corrected chi connectivity index (χ3v) is 2.98. The molecule has 1 aliphatic heterocycles. The first-order valence-corrected chi connectivity index (χ1v) is 5.48. The first-order valence-electron chi connectivity index (χ1n) is 5.48. The van der Waals surface area contributed by atoms with Crippen molar-refractivity contribution in [1.29, 1.82) is 0 Å². The Morgan fingerprint density at radius 2 is 1.85 bits per heavy atom. The quantitative estimate of drug-likeness (QED) is 0.658. The van der Waals surface area contributed by atoms with Crippen LogP contribution in [0.2, 0.25) is 0 Å². The number of hydrogen-bond acceptors (Lipinski definition) is 1. The maximum atomic E-state index is 11.8. The predicted molar refractivity (Wildman–Crippen MR) is 54.5 cm³/mol. The van der Waals surface area contributed by atoms with Crippen molar-refractivity contribution < 1.29 is 4.79 Å². The van der Waals surface area contributed by atoms with Crippen molar-refractivity contribution >= 4 is 5.91 Å². The molecule has 2 heteroatoms. The van der Waals surface area contributed by atoms with Crippen LogP contribution in [0.1, 0.15) is 52.9 Å². The van der Waals surface area contributed by atoms with Crippen molar-refractivity contribution in [2.24, 2.45) is 0 Å². The minimum Gasteiger partial charge on any atom is -0.337 e. The van der Waals surface area contributed by atoms with Gasteiger partial charge in [-0.1, -0.05) is 13.3 Å². The third kappa shape index (κ3) is 2.45. The Morgan fingerprint density at radius 3 is 2.31 bits per heavy atom. The highest BCUT2D eigenvalue weighted by atomic mass is 16.2. The summed E-state index contributed by atoms with van der Waals surface area (Å²) in [5, 5.41) is 0. The van der Waals surface area contributed by atoms with Gasteiger partial charge in [-0.15, -0.1) is 0 Å². The van der Waals surface area contributed by atoms with Crippen LogP contribution >= 0.6 is 0 Å². The summed E-state index contributed by atoms with van der Waals surface area (Å²) in [7, 11) is 0. The Labute approximate surface area is 81.3 Å². The zero-order valence-electron chi connectivity index (χ0n) is 9.05. The van der Waals surface area contributed by atoms with Gasteiger partial charge in [-0.05, 0) is 33.1 Å². The number of carbonyl (C=O) groups is 1. The molecule has 0 unspecified atom stereocenters. The molecule has 76 valence electrons. The average molecular weight is 183 g/mol. The minimum atomic E-state index is 0.361. The van der Waals surface area contributed by atoms with Crippen LogP contribution in [0.5, 0.6) is 0 Å². The highest BCUT2D eigenvalue weighted by Crippen LogP contribution is 2.24. The summed E-state index contributed by atoms with van der Waals surface area (Å²) in [4.78, 5) is 13.8. The maximum absolute atomic E-state index is 11.8. The number of unbranched alkanes of at least 4 members (excludes halogenated alkanes) is 1. The van der Waals surface area contributed by atoms with Gasteiger partial charge in [0.2, 0.25) is 5.91 Å². The van der Waals surface area contributed by atoms with Crippen LogP contribution in [-0.2, 0) is 4.79 Å². The summed E-state index contributed by atoms with van der Waals surface area (Å²) in [6, 6.07) is 0.943. The van der Waals surface area contributed by atoms with Crippen molar-refractivity contribution in [2.75, 3.05) is 0 Å². The molecule has 1 rings (SSSR count). The molecule has 1 aliphatic rings. The van der Waals surface area contributed by atoms with E-state index in [-0.39, 0.29) is 0 Å². The number of amides is 1. The molecule has 13 heavy (non-hydrogen) atoms. The number of carbonyl (C=O) groups excluding carboxylic acids is 1. The Morgan fingerprint density at radius 1 is 1.31 bits per heavy atom. The smallest absolute Gasteiger partial charge is 0.223 e. The van der Waals surface area contributed by atoms with E-state index in [1.165, 1.54) is 12.8 Å². The number of nitrogens with zero attached hydrogens (tertiary/aromatic N) is 1. The van der Waals surface area contributed by atoms with E-state index in [0.29, 0.717) is 18.0 Å². The summed E-state index contributed by atoms with van der Waals surface area (Å²) in [6.07, 6.45) is 5.25. The van der Waals surface area contributed by atoms with Gasteiger partial charge in [0.15, 0.2) is 0 Å². The lowest BCUT2D eigenvalue weighted by molar-refractivity contribution is -0.133. The molecule has 0 radical (unpaired) electrons. The van der Waals surface area contributed by atoms with Crippen LogP contribution in [0.15, 0.2) is 0 Å². The second-order valence-corrected chi connectivity index (χ2v) is 4.18. The fourth-order valence-electron chi connectivity index (χ4n) is 2.14. The standard InChI is InChI=1S/C11H21NO/c1-4-5-6-11(13)12-9(2)7-8-10(12)3/h9-10H,4-8H2,1-3H3/t9-,10-/m1/s1. The van der Waals surface area contributed by atoms with E-state index < -0.39 is 0 Å². The summed E-state index contributed by atoms with van der Waals surface area (Å²) in [5.74, 6) is 0.361. The fraction of sp³-hybridized carbons (Fsp3) is 0.909. The third-order valence-electron chi connectivity index (χ3n) is 2.98. The fourth-order valence-corrected chi connectivity index (χ4v) is 2.14. The molecule has 0 aromatic rings. The summed E-state index contributed by atoms with van der Waals surface area (Å²) < 4.78 is 0. The first kappa shape index (κ1) is 10.6. The SMILES string of the molecule is CCCCC(=O)N1[C@H](C)CC[C@H]1C. The van der Waals surface area contributed by atoms with Crippen molar-refractivity contribution in [1.82, 2.24) is 4.90 Å². The minimum absolute atomic E-state index is 0.361. The highest BCUT2D eigenvalue weighted by molar-refractivity contribution is 5.77. The topological polar surface area (TPSA) is 20.3 Å². The molecule has 0 spiro atoms. The predicted octanol–water partition coefficient (Wildman–Crippen LogP) is 2.58. The monoisotopic (exact) mass is 183 g/mol. The van der Waals surface area contributed by atoms with Crippen LogP contribution in [-0.4, -0.2) is 22.9 Å². The molecular formula is C11H21NO. The lowest BCUT2D eigenvalue weighted by atomic mass is 10.2. The van der Waals surface area contributed by atoms with Crippen molar-refractivity contribution in [3.8, 4) is 0 Å². The van der Waals surface area contributed by atoms with Gasteiger partial charge in [0.1, 0.15) is 0 Å². The molecule has 0 aromatic heterocycles. The largest absolute Gasteiger partial charge is 0.337 e. The summed E-state index contributed by atoms with van der Waals surface area (Å²) in [5.41, 5.74) is 0. The Balaban J connectivity index is 2.44. The van der Waals surface area contributed by atoms with Gasteiger partial charge in [-0.2, -0.15) is 0 Å². The summed E-state index contributed by atoms with van der Waals surface area (Å²) >= 11 is 0. The van der Waals surface area contributed by atoms with Crippen molar-refractivity contribution in [2.45, 2.75) is 65.0 Å². The molecular weight excluding hydrogens is 162 g/mol. The highest BCUT2D eigenvalue weighted by Gasteiger charge is 2.30. The molecule has 1 heterocycles. The molecule has 1 fully saturated rings. The van der Waals surface area contributed by atoms with Crippen LogP contribution < -0.4 is 0 Å². The molecule has 1 amide bonds. The Bertz CT molecular complexity index is 169. The van der Waals surface area contributed by atoms with Crippen LogP contribution in [0.4, 0.5) is 0 Å². The van der Waals surface area contributed by atoms with E-state index >= 15 is 0 Å². The van der Waals surface area contributed by atoms with Gasteiger partial charge in [-0.25, -0.2) is 0 Å². The second-order valence-electron chi connectivity index (χ2n) is 4.18. The van der Waals surface area contributed by atoms with E-state index in [0.717, 1.165) is 19.3 Å². The van der Waals surface area contributed by atoms with Crippen molar-refractivity contribution in [3.63, 3.8) is 0 Å². The first-order chi connectivity index (χ1) is 6.16. The van der Waals surface area contributed by atoms with Crippen LogP contribution in [0, 0.1) is 0 Å². The Hall–Kier alpha value is -0.530. The molecule has 2 atom stereocenters. The van der Waals surface area contributed by atoms with Gasteiger partial charge in [0.05, 0.1) is 0 Å². The Kier molecular flexibility index (Phi) is 3.76. The molecule has 0 bridgehead atoms. The van der Waals surface area contributed by atoms with E-state index in [1.54, 1.807) is 0 Å². The van der Waals surface area contributed by atoms with E-state index in [1.807, 2.05) is 0 Å².